The van der Waals surface area contributed by atoms with Crippen LogP contribution in [0.25, 0.3) is 0 Å². The molecule has 1 fully saturated rings. The Labute approximate surface area is 161 Å². The number of carbonyl (C=O) groups excluding carboxylic acids is 1. The number of amides is 1. The zero-order valence-corrected chi connectivity index (χ0v) is 16.3. The molecule has 1 unspecified atom stereocenters. The van der Waals surface area contributed by atoms with Crippen LogP contribution in [0.5, 0.6) is 0 Å². The molecule has 0 radical (unpaired) electrons. The predicted octanol–water partition coefficient (Wildman–Crippen LogP) is -0.303. The second-order valence-corrected chi connectivity index (χ2v) is 6.72. The number of likely N-dealkylation sites (tertiary alicyclic amines) is 1. The van der Waals surface area contributed by atoms with E-state index >= 15 is 0 Å². The number of nitrogens with zero attached hydrogens (tertiary/aromatic N) is 1. The van der Waals surface area contributed by atoms with Crippen LogP contribution < -0.4 is 11.5 Å². The molecule has 1 heterocycles. The third-order valence-corrected chi connectivity index (χ3v) is 4.72. The summed E-state index contributed by atoms with van der Waals surface area (Å²) >= 11 is 0. The summed E-state index contributed by atoms with van der Waals surface area (Å²) < 4.78 is 0. The van der Waals surface area contributed by atoms with Gasteiger partial charge < -0.3 is 31.5 Å². The standard InChI is InChI=1S/C14H28BN3O5.2ClH/c1-3-9(2)11(16)12(19)18-7-10(4-5-15(22)23)6-14(17,8-18)13(20)21;;/h9-11,22-23H,3-8,16-17H2,1-2H3,(H,20,21);2*1H/t9?,10-,11-,14+;;/m0../s1. The molecule has 0 aromatic rings. The maximum absolute atomic E-state index is 12.5. The first-order chi connectivity index (χ1) is 10.6. The van der Waals surface area contributed by atoms with Crippen molar-refractivity contribution in [1.29, 1.82) is 0 Å². The van der Waals surface area contributed by atoms with Gasteiger partial charge in [0.05, 0.1) is 6.04 Å². The van der Waals surface area contributed by atoms with Crippen molar-refractivity contribution in [3.05, 3.63) is 0 Å². The van der Waals surface area contributed by atoms with E-state index in [1.54, 1.807) is 0 Å². The highest BCUT2D eigenvalue weighted by Crippen LogP contribution is 2.28. The van der Waals surface area contributed by atoms with E-state index in [0.717, 1.165) is 6.42 Å². The summed E-state index contributed by atoms with van der Waals surface area (Å²) in [6.45, 7) is 4.06. The molecule has 25 heavy (non-hydrogen) atoms. The molecule has 0 spiro atoms. The first-order valence-corrected chi connectivity index (χ1v) is 8.03. The van der Waals surface area contributed by atoms with Crippen LogP contribution >= 0.6 is 24.8 Å². The summed E-state index contributed by atoms with van der Waals surface area (Å²) in [6.07, 6.45) is 1.43. The Hall–Kier alpha value is -0.575. The van der Waals surface area contributed by atoms with Crippen molar-refractivity contribution in [3.63, 3.8) is 0 Å². The third-order valence-electron chi connectivity index (χ3n) is 4.72. The van der Waals surface area contributed by atoms with Gasteiger partial charge in [-0.1, -0.05) is 26.7 Å². The summed E-state index contributed by atoms with van der Waals surface area (Å²) in [4.78, 5) is 25.5. The number of nitrogens with two attached hydrogens (primary N) is 2. The minimum Gasteiger partial charge on any atom is -0.480 e. The maximum Gasteiger partial charge on any atom is 0.451 e. The van der Waals surface area contributed by atoms with E-state index in [1.165, 1.54) is 4.90 Å². The zero-order valence-electron chi connectivity index (χ0n) is 14.6. The molecular formula is C14H30BCl2N3O5. The van der Waals surface area contributed by atoms with Crippen LogP contribution in [0.2, 0.25) is 6.32 Å². The highest BCUT2D eigenvalue weighted by atomic mass is 35.5. The van der Waals surface area contributed by atoms with Crippen LogP contribution in [0.15, 0.2) is 0 Å². The van der Waals surface area contributed by atoms with Gasteiger partial charge in [0.15, 0.2) is 0 Å². The monoisotopic (exact) mass is 401 g/mol. The number of hydrogen-bond acceptors (Lipinski definition) is 6. The molecule has 148 valence electrons. The Morgan fingerprint density at radius 1 is 1.36 bits per heavy atom. The van der Waals surface area contributed by atoms with Crippen molar-refractivity contribution >= 4 is 43.8 Å². The van der Waals surface area contributed by atoms with Crippen LogP contribution in [-0.2, 0) is 9.59 Å². The molecule has 1 saturated heterocycles. The second-order valence-electron chi connectivity index (χ2n) is 6.72. The summed E-state index contributed by atoms with van der Waals surface area (Å²) in [5, 5.41) is 27.4. The van der Waals surface area contributed by atoms with Crippen molar-refractivity contribution in [3.8, 4) is 0 Å². The third kappa shape index (κ3) is 7.28. The van der Waals surface area contributed by atoms with Gasteiger partial charge in [-0.25, -0.2) is 0 Å². The van der Waals surface area contributed by atoms with Gasteiger partial charge in [0, 0.05) is 13.1 Å². The van der Waals surface area contributed by atoms with Gasteiger partial charge >= 0.3 is 13.1 Å². The molecule has 11 heteroatoms. The smallest absolute Gasteiger partial charge is 0.451 e. The fourth-order valence-electron chi connectivity index (χ4n) is 2.97. The molecule has 0 aliphatic carbocycles. The SMILES string of the molecule is CCC(C)[C@H](N)C(=O)N1C[C@@H](CCB(O)O)C[C@](N)(C(=O)O)C1.Cl.Cl. The summed E-state index contributed by atoms with van der Waals surface area (Å²) in [6, 6.07) is -0.694. The Kier molecular flexibility index (Phi) is 11.9. The van der Waals surface area contributed by atoms with Crippen LogP contribution in [0.4, 0.5) is 0 Å². The lowest BCUT2D eigenvalue weighted by molar-refractivity contribution is -0.150. The van der Waals surface area contributed by atoms with E-state index in [0.29, 0.717) is 13.0 Å². The maximum atomic E-state index is 12.5. The molecule has 1 aliphatic rings. The van der Waals surface area contributed by atoms with Crippen molar-refractivity contribution in [2.24, 2.45) is 23.3 Å². The van der Waals surface area contributed by atoms with Crippen molar-refractivity contribution in [2.75, 3.05) is 13.1 Å². The van der Waals surface area contributed by atoms with E-state index in [2.05, 4.69) is 0 Å². The molecule has 1 rings (SSSR count). The number of carbonyl (C=O) groups is 2. The fraction of sp³-hybridized carbons (Fsp3) is 0.857. The van der Waals surface area contributed by atoms with E-state index < -0.39 is 24.7 Å². The van der Waals surface area contributed by atoms with Gasteiger partial charge in [0.2, 0.25) is 5.91 Å². The van der Waals surface area contributed by atoms with Crippen LogP contribution in [0.3, 0.4) is 0 Å². The van der Waals surface area contributed by atoms with Gasteiger partial charge in [-0.05, 0) is 24.6 Å². The minimum atomic E-state index is -1.53. The molecule has 4 atom stereocenters. The first-order valence-electron chi connectivity index (χ1n) is 8.03. The predicted molar refractivity (Wildman–Crippen MR) is 101 cm³/mol. The average molecular weight is 402 g/mol. The van der Waals surface area contributed by atoms with E-state index in [9.17, 15) is 14.7 Å². The molecule has 1 aliphatic heterocycles. The molecule has 0 saturated carbocycles. The van der Waals surface area contributed by atoms with Crippen LogP contribution in [0.1, 0.15) is 33.1 Å². The van der Waals surface area contributed by atoms with Crippen LogP contribution in [0, 0.1) is 11.8 Å². The largest absolute Gasteiger partial charge is 0.480 e. The Bertz CT molecular complexity index is 447. The van der Waals surface area contributed by atoms with E-state index in [1.807, 2.05) is 13.8 Å². The minimum absolute atomic E-state index is 0. The number of halogens is 2. The van der Waals surface area contributed by atoms with Gasteiger partial charge in [-0.3, -0.25) is 9.59 Å². The molecule has 8 nitrogen and oxygen atoms in total. The van der Waals surface area contributed by atoms with Crippen molar-refractivity contribution < 1.29 is 24.7 Å². The topological polar surface area (TPSA) is 150 Å². The fourth-order valence-corrected chi connectivity index (χ4v) is 2.97. The van der Waals surface area contributed by atoms with Crippen molar-refractivity contribution in [1.82, 2.24) is 4.90 Å². The summed E-state index contributed by atoms with van der Waals surface area (Å²) in [5.74, 6) is -1.69. The Balaban J connectivity index is 0. The molecule has 0 aromatic carbocycles. The first kappa shape index (κ1) is 26.7. The van der Waals surface area contributed by atoms with E-state index in [-0.39, 0.29) is 61.8 Å². The van der Waals surface area contributed by atoms with Gasteiger partial charge in [-0.2, -0.15) is 0 Å². The van der Waals surface area contributed by atoms with Crippen molar-refractivity contribution in [2.45, 2.75) is 51.0 Å². The quantitative estimate of drug-likeness (QED) is 0.367. The normalized spacial score (nSPS) is 25.2. The highest BCUT2D eigenvalue weighted by Gasteiger charge is 2.45. The van der Waals surface area contributed by atoms with Gasteiger partial charge in [-0.15, -0.1) is 24.8 Å². The number of aliphatic carboxylic acids is 1. The summed E-state index contributed by atoms with van der Waals surface area (Å²) in [5.41, 5.74) is 10.4. The second kappa shape index (κ2) is 11.2. The molecule has 0 bridgehead atoms. The zero-order chi connectivity index (χ0) is 17.8. The average Bonchev–Trinajstić information content (AvgIpc) is 2.50. The lowest BCUT2D eigenvalue weighted by Gasteiger charge is -2.43. The number of rotatable bonds is 7. The number of carboxylic acids is 1. The van der Waals surface area contributed by atoms with Gasteiger partial charge in [0.1, 0.15) is 5.54 Å². The lowest BCUT2D eigenvalue weighted by Crippen LogP contribution is -2.64. The summed E-state index contributed by atoms with van der Waals surface area (Å²) in [7, 11) is -1.46. The van der Waals surface area contributed by atoms with Gasteiger partial charge in [0.25, 0.3) is 0 Å². The Morgan fingerprint density at radius 2 is 1.92 bits per heavy atom. The lowest BCUT2D eigenvalue weighted by atomic mass is 9.75. The Morgan fingerprint density at radius 3 is 2.36 bits per heavy atom. The molecule has 0 aromatic heterocycles. The molecule has 7 N–H and O–H groups in total. The number of hydrogen-bond donors (Lipinski definition) is 5. The highest BCUT2D eigenvalue weighted by molar-refractivity contribution is 6.40. The number of carboxylic acid groups (broad SMARTS) is 1. The molecular weight excluding hydrogens is 372 g/mol. The molecule has 1 amide bonds. The van der Waals surface area contributed by atoms with E-state index in [4.69, 9.17) is 21.5 Å². The van der Waals surface area contributed by atoms with Crippen LogP contribution in [-0.4, -0.2) is 63.7 Å². The number of piperidine rings is 1.